The molecule has 0 saturated carbocycles. The van der Waals surface area contributed by atoms with Crippen LogP contribution in [0.4, 0.5) is 0 Å². The van der Waals surface area contributed by atoms with Gasteiger partial charge < -0.3 is 0 Å². The summed E-state index contributed by atoms with van der Waals surface area (Å²) in [5.74, 6) is 0. The Labute approximate surface area is 133 Å². The van der Waals surface area contributed by atoms with Gasteiger partial charge in [0.2, 0.25) is 0 Å². The van der Waals surface area contributed by atoms with Crippen LogP contribution in [0.2, 0.25) is 0 Å². The first-order valence-corrected chi connectivity index (χ1v) is 10.1. The molecule has 0 bridgehead atoms. The van der Waals surface area contributed by atoms with Gasteiger partial charge in [0.25, 0.3) is 0 Å². The van der Waals surface area contributed by atoms with Crippen LogP contribution in [0.1, 0.15) is 39.3 Å². The van der Waals surface area contributed by atoms with Crippen molar-refractivity contribution >= 4 is 23.3 Å². The zero-order valence-electron chi connectivity index (χ0n) is 13.2. The summed E-state index contributed by atoms with van der Waals surface area (Å²) in [5.41, 5.74) is 1.28. The van der Waals surface area contributed by atoms with Crippen molar-refractivity contribution in [2.45, 2.75) is 38.9 Å². The topological polar surface area (TPSA) is 12.0 Å². The molecule has 0 aliphatic rings. The minimum Gasteiger partial charge on any atom is -0.278 e. The van der Waals surface area contributed by atoms with Gasteiger partial charge in [0.1, 0.15) is 0 Å². The summed E-state index contributed by atoms with van der Waals surface area (Å²) in [5, 5.41) is 5.09. The van der Waals surface area contributed by atoms with Crippen molar-refractivity contribution in [2.24, 2.45) is 0 Å². The van der Waals surface area contributed by atoms with Crippen molar-refractivity contribution in [3.63, 3.8) is 0 Å². The predicted molar refractivity (Wildman–Crippen MR) is 98.1 cm³/mol. The van der Waals surface area contributed by atoms with Crippen LogP contribution in [-0.2, 0) is 11.8 Å². The fourth-order valence-electron chi connectivity index (χ4n) is 2.38. The maximum Gasteiger partial charge on any atom is 0.0460 e. The van der Waals surface area contributed by atoms with Crippen molar-refractivity contribution < 1.29 is 0 Å². The van der Waals surface area contributed by atoms with Crippen LogP contribution >= 0.6 is 6.19 Å². The Morgan fingerprint density at radius 1 is 0.905 bits per heavy atom. The lowest BCUT2D eigenvalue weighted by molar-refractivity contribution is 0.703. The smallest absolute Gasteiger partial charge is 0.0460 e. The maximum absolute atomic E-state index is 6.18. The van der Waals surface area contributed by atoms with Crippen LogP contribution < -0.4 is 10.4 Å². The number of nitrogens with one attached hydrogen (secondary N) is 1. The molecule has 0 radical (unpaired) electrons. The predicted octanol–water partition coefficient (Wildman–Crippen LogP) is 4.86. The Morgan fingerprint density at radius 2 is 1.38 bits per heavy atom. The third-order valence-electron chi connectivity index (χ3n) is 3.74. The van der Waals surface area contributed by atoms with Gasteiger partial charge in [0.15, 0.2) is 0 Å². The summed E-state index contributed by atoms with van der Waals surface area (Å²) in [7, 11) is 0. The van der Waals surface area contributed by atoms with Gasteiger partial charge in [-0.2, -0.15) is 0 Å². The molecule has 2 aromatic carbocycles. The molecular formula is C18H24NPS. The molecule has 1 N–H and O–H groups in total. The summed E-state index contributed by atoms with van der Waals surface area (Å²) in [6.07, 6.45) is -1.89. The molecule has 0 aliphatic heterocycles. The number of hydrogen-bond donors (Lipinski definition) is 1. The Bertz CT molecular complexity index is 617. The van der Waals surface area contributed by atoms with Gasteiger partial charge in [-0.15, -0.1) is 0 Å². The molecule has 2 rings (SSSR count). The molecule has 0 saturated heterocycles. The molecule has 2 atom stereocenters. The van der Waals surface area contributed by atoms with E-state index in [0.29, 0.717) is 0 Å². The minimum atomic E-state index is -1.89. The van der Waals surface area contributed by atoms with E-state index >= 15 is 0 Å². The molecule has 0 aliphatic carbocycles. The van der Waals surface area contributed by atoms with E-state index < -0.39 is 6.19 Å². The van der Waals surface area contributed by atoms with E-state index in [1.54, 1.807) is 0 Å². The van der Waals surface area contributed by atoms with E-state index in [1.165, 1.54) is 10.9 Å². The van der Waals surface area contributed by atoms with Crippen LogP contribution in [0.15, 0.2) is 60.7 Å². The fraction of sp³-hybridized carbons (Fsp3) is 0.333. The van der Waals surface area contributed by atoms with Gasteiger partial charge >= 0.3 is 0 Å². The summed E-state index contributed by atoms with van der Waals surface area (Å²) < 4.78 is 0. The van der Waals surface area contributed by atoms with E-state index in [0.717, 1.165) is 0 Å². The van der Waals surface area contributed by atoms with Gasteiger partial charge in [-0.1, -0.05) is 93.2 Å². The normalized spacial score (nSPS) is 16.2. The maximum atomic E-state index is 6.18. The third kappa shape index (κ3) is 3.63. The quantitative estimate of drug-likeness (QED) is 0.809. The highest BCUT2D eigenvalue weighted by Gasteiger charge is 2.34. The lowest BCUT2D eigenvalue weighted by atomic mass is 10.1. The molecule has 2 aromatic rings. The summed E-state index contributed by atoms with van der Waals surface area (Å²) in [6, 6.07) is 21.3. The highest BCUT2D eigenvalue weighted by molar-refractivity contribution is 8.18. The Hall–Kier alpha value is -0.950. The molecule has 0 heterocycles. The largest absolute Gasteiger partial charge is 0.278 e. The lowest BCUT2D eigenvalue weighted by Gasteiger charge is -2.38. The molecule has 112 valence electrons. The number of rotatable bonds is 4. The van der Waals surface area contributed by atoms with E-state index in [1.807, 2.05) is 12.1 Å². The van der Waals surface area contributed by atoms with Crippen LogP contribution in [0.3, 0.4) is 0 Å². The van der Waals surface area contributed by atoms with E-state index in [2.05, 4.69) is 81.3 Å². The van der Waals surface area contributed by atoms with Gasteiger partial charge in [-0.25, -0.2) is 0 Å². The van der Waals surface area contributed by atoms with Crippen LogP contribution in [0.25, 0.3) is 0 Å². The second-order valence-electron chi connectivity index (χ2n) is 6.38. The zero-order valence-corrected chi connectivity index (χ0v) is 14.9. The molecule has 1 nitrogen and oxygen atoms in total. The summed E-state index contributed by atoms with van der Waals surface area (Å²) in [6.45, 7) is 8.92. The lowest BCUT2D eigenvalue weighted by Crippen LogP contribution is -2.33. The van der Waals surface area contributed by atoms with E-state index in [4.69, 9.17) is 11.8 Å². The number of hydrogen-bond acceptors (Lipinski definition) is 1. The summed E-state index contributed by atoms with van der Waals surface area (Å²) in [4.78, 5) is 0. The highest BCUT2D eigenvalue weighted by atomic mass is 32.4. The van der Waals surface area contributed by atoms with E-state index in [9.17, 15) is 0 Å². The Balaban J connectivity index is 2.37. The molecular weight excluding hydrogens is 293 g/mol. The highest BCUT2D eigenvalue weighted by Crippen LogP contribution is 2.54. The van der Waals surface area contributed by atoms with Crippen molar-refractivity contribution in [1.82, 2.24) is 5.09 Å². The van der Waals surface area contributed by atoms with Crippen LogP contribution in [0.5, 0.6) is 0 Å². The first kappa shape index (κ1) is 16.4. The van der Waals surface area contributed by atoms with E-state index in [-0.39, 0.29) is 11.2 Å². The first-order chi connectivity index (χ1) is 9.84. The Kier molecular flexibility index (Phi) is 5.03. The van der Waals surface area contributed by atoms with Crippen molar-refractivity contribution in [1.29, 1.82) is 0 Å². The van der Waals surface area contributed by atoms with Gasteiger partial charge in [-0.3, -0.25) is 5.09 Å². The van der Waals surface area contributed by atoms with Gasteiger partial charge in [0.05, 0.1) is 0 Å². The molecule has 0 fully saturated rings. The molecule has 0 spiro atoms. The second kappa shape index (κ2) is 6.44. The average Bonchev–Trinajstić information content (AvgIpc) is 2.47. The van der Waals surface area contributed by atoms with Gasteiger partial charge in [0, 0.05) is 17.4 Å². The SMILES string of the molecule is C[C@H](NP(=S)(c1ccccc1)C(C)(C)C)c1ccccc1. The molecule has 21 heavy (non-hydrogen) atoms. The molecule has 3 heteroatoms. The average molecular weight is 317 g/mol. The first-order valence-electron chi connectivity index (χ1n) is 7.33. The monoisotopic (exact) mass is 317 g/mol. The molecule has 0 amide bonds. The van der Waals surface area contributed by atoms with Crippen LogP contribution in [0, 0.1) is 0 Å². The summed E-state index contributed by atoms with van der Waals surface area (Å²) >= 11 is 6.18. The molecule has 1 unspecified atom stereocenters. The van der Waals surface area contributed by atoms with Gasteiger partial charge in [-0.05, 0) is 17.8 Å². The van der Waals surface area contributed by atoms with Crippen molar-refractivity contribution in [3.05, 3.63) is 66.2 Å². The molecule has 0 aromatic heterocycles. The third-order valence-corrected chi connectivity index (χ3v) is 10.00. The van der Waals surface area contributed by atoms with Crippen molar-refractivity contribution in [2.75, 3.05) is 0 Å². The second-order valence-corrected chi connectivity index (χ2v) is 11.4. The fourth-order valence-corrected chi connectivity index (χ4v) is 5.82. The van der Waals surface area contributed by atoms with Crippen LogP contribution in [-0.4, -0.2) is 5.16 Å². The Morgan fingerprint density at radius 3 is 1.86 bits per heavy atom. The zero-order chi connectivity index (χ0) is 15.5. The minimum absolute atomic E-state index is 0.0345. The standard InChI is InChI=1S/C18H24NPS/c1-15(16-11-7-5-8-12-16)19-20(21,18(2,3)4)17-13-9-6-10-14-17/h5-15H,1-4H3,(H,19,21)/t15-,20?/m0/s1. The van der Waals surface area contributed by atoms with Crippen molar-refractivity contribution in [3.8, 4) is 0 Å². The number of benzene rings is 2.